The van der Waals surface area contributed by atoms with Crippen molar-refractivity contribution in [3.63, 3.8) is 0 Å². The van der Waals surface area contributed by atoms with Crippen LogP contribution < -0.4 is 0 Å². The summed E-state index contributed by atoms with van der Waals surface area (Å²) in [5.41, 5.74) is 0. The normalized spacial score (nSPS) is 12.9. The summed E-state index contributed by atoms with van der Waals surface area (Å²) in [5, 5.41) is 0.263. The van der Waals surface area contributed by atoms with Gasteiger partial charge >= 0.3 is 0 Å². The first-order valence-corrected chi connectivity index (χ1v) is 3.45. The zero-order chi connectivity index (χ0) is 7.44. The summed E-state index contributed by atoms with van der Waals surface area (Å²) in [5.74, 6) is 0.0934. The van der Waals surface area contributed by atoms with E-state index in [2.05, 4.69) is 12.6 Å². The van der Waals surface area contributed by atoms with E-state index in [0.717, 1.165) is 6.54 Å². The third-order valence-corrected chi connectivity index (χ3v) is 1.24. The smallest absolute Gasteiger partial charge is 0.219 e. The lowest BCUT2D eigenvalue weighted by atomic mass is 10.4. The van der Waals surface area contributed by atoms with Gasteiger partial charge in [-0.15, -0.1) is 0 Å². The van der Waals surface area contributed by atoms with Crippen LogP contribution in [-0.4, -0.2) is 29.6 Å². The zero-order valence-electron chi connectivity index (χ0n) is 6.09. The fourth-order valence-electron chi connectivity index (χ4n) is 0.525. The molecule has 0 aromatic rings. The highest BCUT2D eigenvalue weighted by molar-refractivity contribution is 7.80. The number of carbonyl (C=O) groups excluding carboxylic acids is 1. The van der Waals surface area contributed by atoms with E-state index in [1.165, 1.54) is 0 Å². The Bertz CT molecular complexity index is 103. The first kappa shape index (κ1) is 8.82. The van der Waals surface area contributed by atoms with Gasteiger partial charge < -0.3 is 4.90 Å². The van der Waals surface area contributed by atoms with Crippen LogP contribution in [0.25, 0.3) is 0 Å². The van der Waals surface area contributed by atoms with Crippen molar-refractivity contribution in [2.45, 2.75) is 19.1 Å². The Labute approximate surface area is 61.6 Å². The van der Waals surface area contributed by atoms with Crippen LogP contribution in [0.15, 0.2) is 0 Å². The SMILES string of the molecule is CC(=O)N(C)CC(C)S. The van der Waals surface area contributed by atoms with Gasteiger partial charge in [0.25, 0.3) is 0 Å². The monoisotopic (exact) mass is 147 g/mol. The van der Waals surface area contributed by atoms with E-state index < -0.39 is 0 Å². The number of rotatable bonds is 2. The molecular weight excluding hydrogens is 134 g/mol. The van der Waals surface area contributed by atoms with Crippen molar-refractivity contribution < 1.29 is 4.79 Å². The minimum Gasteiger partial charge on any atom is -0.345 e. The van der Waals surface area contributed by atoms with E-state index in [0.29, 0.717) is 0 Å². The maximum Gasteiger partial charge on any atom is 0.219 e. The van der Waals surface area contributed by atoms with Gasteiger partial charge in [-0.3, -0.25) is 4.79 Å². The lowest BCUT2D eigenvalue weighted by Crippen LogP contribution is -2.28. The highest BCUT2D eigenvalue weighted by Gasteiger charge is 2.03. The second-order valence-electron chi connectivity index (χ2n) is 2.25. The molecule has 0 aromatic heterocycles. The van der Waals surface area contributed by atoms with Gasteiger partial charge in [0.2, 0.25) is 5.91 Å². The molecule has 0 rings (SSSR count). The quantitative estimate of drug-likeness (QED) is 0.572. The summed E-state index contributed by atoms with van der Waals surface area (Å²) in [4.78, 5) is 12.2. The summed E-state index contributed by atoms with van der Waals surface area (Å²) in [6.45, 7) is 4.23. The van der Waals surface area contributed by atoms with Crippen LogP contribution in [0.3, 0.4) is 0 Å². The number of amides is 1. The van der Waals surface area contributed by atoms with Crippen LogP contribution in [0.2, 0.25) is 0 Å². The third kappa shape index (κ3) is 4.33. The molecule has 54 valence electrons. The molecular formula is C6H13NOS. The summed E-state index contributed by atoms with van der Waals surface area (Å²) >= 11 is 4.14. The maximum atomic E-state index is 10.6. The van der Waals surface area contributed by atoms with E-state index in [9.17, 15) is 4.79 Å². The third-order valence-electron chi connectivity index (χ3n) is 1.08. The highest BCUT2D eigenvalue weighted by atomic mass is 32.1. The molecule has 2 nitrogen and oxygen atoms in total. The van der Waals surface area contributed by atoms with Crippen LogP contribution in [-0.2, 0) is 4.79 Å². The predicted molar refractivity (Wildman–Crippen MR) is 41.8 cm³/mol. The summed E-state index contributed by atoms with van der Waals surface area (Å²) in [6.07, 6.45) is 0. The second-order valence-corrected chi connectivity index (χ2v) is 3.13. The van der Waals surface area contributed by atoms with Crippen molar-refractivity contribution in [2.75, 3.05) is 13.6 Å². The lowest BCUT2D eigenvalue weighted by Gasteiger charge is -2.15. The molecule has 0 N–H and O–H groups in total. The van der Waals surface area contributed by atoms with Crippen LogP contribution in [0.4, 0.5) is 0 Å². The molecule has 0 bridgehead atoms. The highest BCUT2D eigenvalue weighted by Crippen LogP contribution is 1.95. The van der Waals surface area contributed by atoms with E-state index in [-0.39, 0.29) is 11.2 Å². The van der Waals surface area contributed by atoms with Crippen molar-refractivity contribution in [3.05, 3.63) is 0 Å². The number of nitrogens with zero attached hydrogens (tertiary/aromatic N) is 1. The average molecular weight is 147 g/mol. The van der Waals surface area contributed by atoms with Crippen molar-refractivity contribution >= 4 is 18.5 Å². The van der Waals surface area contributed by atoms with E-state index >= 15 is 0 Å². The number of hydrogen-bond donors (Lipinski definition) is 1. The Kier molecular flexibility index (Phi) is 3.70. The minimum absolute atomic E-state index is 0.0934. The fourth-order valence-corrected chi connectivity index (χ4v) is 0.770. The number of thiol groups is 1. The Morgan fingerprint density at radius 3 is 2.33 bits per heavy atom. The van der Waals surface area contributed by atoms with Gasteiger partial charge in [0.05, 0.1) is 0 Å². The average Bonchev–Trinajstić information content (AvgIpc) is 1.63. The first-order chi connectivity index (χ1) is 4.04. The molecule has 0 heterocycles. The molecule has 0 spiro atoms. The molecule has 0 aromatic carbocycles. The fraction of sp³-hybridized carbons (Fsp3) is 0.833. The summed E-state index contributed by atoms with van der Waals surface area (Å²) in [7, 11) is 1.77. The van der Waals surface area contributed by atoms with Gasteiger partial charge in [-0.1, -0.05) is 6.92 Å². The molecule has 1 unspecified atom stereocenters. The van der Waals surface area contributed by atoms with Gasteiger partial charge in [0, 0.05) is 25.8 Å². The van der Waals surface area contributed by atoms with Gasteiger partial charge in [-0.2, -0.15) is 12.6 Å². The van der Waals surface area contributed by atoms with Gasteiger partial charge in [0.15, 0.2) is 0 Å². The Balaban J connectivity index is 3.50. The molecule has 0 aliphatic heterocycles. The van der Waals surface area contributed by atoms with Crippen molar-refractivity contribution in [3.8, 4) is 0 Å². The standard InChI is InChI=1S/C6H13NOS/c1-5(9)4-7(3)6(2)8/h5,9H,4H2,1-3H3. The van der Waals surface area contributed by atoms with Crippen molar-refractivity contribution in [2.24, 2.45) is 0 Å². The van der Waals surface area contributed by atoms with E-state index in [1.54, 1.807) is 18.9 Å². The number of hydrogen-bond acceptors (Lipinski definition) is 2. The molecule has 9 heavy (non-hydrogen) atoms. The van der Waals surface area contributed by atoms with Crippen molar-refractivity contribution in [1.82, 2.24) is 4.90 Å². The summed E-state index contributed by atoms with van der Waals surface area (Å²) < 4.78 is 0. The largest absolute Gasteiger partial charge is 0.345 e. The molecule has 0 radical (unpaired) electrons. The van der Waals surface area contributed by atoms with Crippen LogP contribution >= 0.6 is 12.6 Å². The Morgan fingerprint density at radius 2 is 2.22 bits per heavy atom. The molecule has 1 amide bonds. The predicted octanol–water partition coefficient (Wildman–Crippen LogP) is 0.783. The van der Waals surface area contributed by atoms with Crippen LogP contribution in [0.1, 0.15) is 13.8 Å². The van der Waals surface area contributed by atoms with Gasteiger partial charge in [-0.25, -0.2) is 0 Å². The Morgan fingerprint density at radius 1 is 1.78 bits per heavy atom. The lowest BCUT2D eigenvalue weighted by molar-refractivity contribution is -0.127. The molecule has 0 aliphatic carbocycles. The van der Waals surface area contributed by atoms with Crippen molar-refractivity contribution in [1.29, 1.82) is 0 Å². The molecule has 3 heteroatoms. The number of carbonyl (C=O) groups is 1. The zero-order valence-corrected chi connectivity index (χ0v) is 6.98. The molecule has 1 atom stereocenters. The second kappa shape index (κ2) is 3.77. The molecule has 0 aliphatic rings. The van der Waals surface area contributed by atoms with Gasteiger partial charge in [0.1, 0.15) is 0 Å². The Hall–Kier alpha value is -0.180. The van der Waals surface area contributed by atoms with Crippen LogP contribution in [0, 0.1) is 0 Å². The molecule has 0 saturated heterocycles. The maximum absolute atomic E-state index is 10.6. The van der Waals surface area contributed by atoms with E-state index in [1.807, 2.05) is 6.92 Å². The van der Waals surface area contributed by atoms with Gasteiger partial charge in [-0.05, 0) is 0 Å². The molecule has 0 saturated carbocycles. The van der Waals surface area contributed by atoms with E-state index in [4.69, 9.17) is 0 Å². The molecule has 0 fully saturated rings. The summed E-state index contributed by atoms with van der Waals surface area (Å²) in [6, 6.07) is 0. The first-order valence-electron chi connectivity index (χ1n) is 2.93. The minimum atomic E-state index is 0.0934. The topological polar surface area (TPSA) is 20.3 Å². The van der Waals surface area contributed by atoms with Crippen LogP contribution in [0.5, 0.6) is 0 Å².